The first-order valence-electron chi connectivity index (χ1n) is 7.85. The first-order chi connectivity index (χ1) is 11.7. The number of aliphatic hydroxyl groups is 1. The smallest absolute Gasteiger partial charge is 0.289 e. The van der Waals surface area contributed by atoms with Crippen LogP contribution in [0.25, 0.3) is 0 Å². The SMILES string of the molecule is N#Cc1ccc(OCc2ccc(C(=O)N(CCO)C3CC3)o2)cc1. The number of rotatable bonds is 7. The minimum absolute atomic E-state index is 0.0579. The summed E-state index contributed by atoms with van der Waals surface area (Å²) in [5.74, 6) is 1.23. The quantitative estimate of drug-likeness (QED) is 0.844. The lowest BCUT2D eigenvalue weighted by atomic mass is 10.2. The van der Waals surface area contributed by atoms with Crippen LogP contribution in [-0.2, 0) is 6.61 Å². The zero-order valence-electron chi connectivity index (χ0n) is 13.1. The first kappa shape index (κ1) is 16.1. The van der Waals surface area contributed by atoms with Gasteiger partial charge in [0, 0.05) is 12.6 Å². The molecule has 1 N–H and O–H groups in total. The van der Waals surface area contributed by atoms with E-state index in [1.54, 1.807) is 41.3 Å². The maximum absolute atomic E-state index is 12.4. The first-order valence-corrected chi connectivity index (χ1v) is 7.85. The molecule has 3 rings (SSSR count). The van der Waals surface area contributed by atoms with Crippen LogP contribution in [0.5, 0.6) is 5.75 Å². The minimum atomic E-state index is -0.198. The summed E-state index contributed by atoms with van der Waals surface area (Å²) in [4.78, 5) is 14.1. The van der Waals surface area contributed by atoms with Crippen molar-refractivity contribution in [2.24, 2.45) is 0 Å². The van der Waals surface area contributed by atoms with Crippen LogP contribution in [0.1, 0.15) is 34.7 Å². The summed E-state index contributed by atoms with van der Waals surface area (Å²) in [6.45, 7) is 0.460. The second-order valence-electron chi connectivity index (χ2n) is 5.64. The fourth-order valence-corrected chi connectivity index (χ4v) is 2.44. The molecule has 0 spiro atoms. The Balaban J connectivity index is 1.60. The minimum Gasteiger partial charge on any atom is -0.486 e. The van der Waals surface area contributed by atoms with E-state index in [0.717, 1.165) is 12.8 Å². The van der Waals surface area contributed by atoms with Crippen LogP contribution >= 0.6 is 0 Å². The predicted octanol–water partition coefficient (Wildman–Crippen LogP) is 2.33. The third kappa shape index (κ3) is 3.76. The third-order valence-electron chi connectivity index (χ3n) is 3.83. The second-order valence-corrected chi connectivity index (χ2v) is 5.64. The van der Waals surface area contributed by atoms with Crippen LogP contribution in [0.2, 0.25) is 0 Å². The summed E-state index contributed by atoms with van der Waals surface area (Å²) >= 11 is 0. The number of amides is 1. The Morgan fingerprint density at radius 1 is 1.29 bits per heavy atom. The summed E-state index contributed by atoms with van der Waals surface area (Å²) in [5.41, 5.74) is 0.567. The molecule has 1 amide bonds. The molecule has 0 aliphatic heterocycles. The molecule has 0 radical (unpaired) electrons. The van der Waals surface area contributed by atoms with Crippen LogP contribution in [-0.4, -0.2) is 35.1 Å². The lowest BCUT2D eigenvalue weighted by Gasteiger charge is -2.19. The fraction of sp³-hybridized carbons (Fsp3) is 0.333. The molecule has 0 unspecified atom stereocenters. The number of nitrogens with zero attached hydrogens (tertiary/aromatic N) is 2. The summed E-state index contributed by atoms with van der Waals surface area (Å²) in [7, 11) is 0. The van der Waals surface area contributed by atoms with Crippen molar-refractivity contribution in [1.82, 2.24) is 4.90 Å². The highest BCUT2D eigenvalue weighted by Crippen LogP contribution is 2.28. The molecule has 1 aliphatic rings. The Morgan fingerprint density at radius 2 is 2.04 bits per heavy atom. The van der Waals surface area contributed by atoms with Gasteiger partial charge in [0.1, 0.15) is 18.1 Å². The van der Waals surface area contributed by atoms with Crippen molar-refractivity contribution >= 4 is 5.91 Å². The summed E-state index contributed by atoms with van der Waals surface area (Å²) in [5, 5.41) is 17.9. The number of hydrogen-bond donors (Lipinski definition) is 1. The molecule has 1 fully saturated rings. The molecule has 6 nitrogen and oxygen atoms in total. The van der Waals surface area contributed by atoms with Crippen molar-refractivity contribution in [2.45, 2.75) is 25.5 Å². The van der Waals surface area contributed by atoms with Crippen molar-refractivity contribution in [1.29, 1.82) is 5.26 Å². The monoisotopic (exact) mass is 326 g/mol. The van der Waals surface area contributed by atoms with E-state index >= 15 is 0 Å². The number of hydrogen-bond acceptors (Lipinski definition) is 5. The van der Waals surface area contributed by atoms with Crippen molar-refractivity contribution in [3.63, 3.8) is 0 Å². The van der Waals surface area contributed by atoms with E-state index in [-0.39, 0.29) is 30.9 Å². The van der Waals surface area contributed by atoms with Gasteiger partial charge < -0.3 is 19.2 Å². The normalized spacial score (nSPS) is 13.3. The van der Waals surface area contributed by atoms with Crippen molar-refractivity contribution < 1.29 is 19.1 Å². The average Bonchev–Trinajstić information content (AvgIpc) is 3.35. The highest BCUT2D eigenvalue weighted by molar-refractivity contribution is 5.92. The van der Waals surface area contributed by atoms with Crippen LogP contribution in [0.15, 0.2) is 40.8 Å². The van der Waals surface area contributed by atoms with E-state index in [4.69, 9.17) is 19.5 Å². The molecule has 1 aliphatic carbocycles. The molecular weight excluding hydrogens is 308 g/mol. The Hall–Kier alpha value is -2.78. The van der Waals surface area contributed by atoms with Gasteiger partial charge in [-0.05, 0) is 49.2 Å². The largest absolute Gasteiger partial charge is 0.486 e. The van der Waals surface area contributed by atoms with Crippen LogP contribution in [0, 0.1) is 11.3 Å². The molecule has 1 heterocycles. The van der Waals surface area contributed by atoms with Crippen LogP contribution in [0.3, 0.4) is 0 Å². The van der Waals surface area contributed by atoms with E-state index < -0.39 is 0 Å². The molecule has 6 heteroatoms. The number of carbonyl (C=O) groups is 1. The number of ether oxygens (including phenoxy) is 1. The van der Waals surface area contributed by atoms with Gasteiger partial charge in [0.05, 0.1) is 18.2 Å². The number of nitriles is 1. The molecule has 0 bridgehead atoms. The molecule has 1 aromatic heterocycles. The lowest BCUT2D eigenvalue weighted by molar-refractivity contribution is 0.0671. The predicted molar refractivity (Wildman–Crippen MR) is 85.3 cm³/mol. The molecule has 124 valence electrons. The molecule has 1 aromatic carbocycles. The Labute approximate surface area is 139 Å². The maximum Gasteiger partial charge on any atom is 0.289 e. The number of benzene rings is 1. The average molecular weight is 326 g/mol. The standard InChI is InChI=1S/C18H18N2O4/c19-11-13-1-5-15(6-2-13)23-12-16-7-8-17(24-16)18(22)20(9-10-21)14-3-4-14/h1-2,5-8,14,21H,3-4,9-10,12H2. The van der Waals surface area contributed by atoms with E-state index in [1.807, 2.05) is 6.07 Å². The second kappa shape index (κ2) is 7.20. The lowest BCUT2D eigenvalue weighted by Crippen LogP contribution is -2.35. The maximum atomic E-state index is 12.4. The number of furan rings is 1. The van der Waals surface area contributed by atoms with Crippen LogP contribution in [0.4, 0.5) is 0 Å². The van der Waals surface area contributed by atoms with Gasteiger partial charge in [0.25, 0.3) is 5.91 Å². The zero-order chi connectivity index (χ0) is 16.9. The number of carbonyl (C=O) groups excluding carboxylic acids is 1. The van der Waals surface area contributed by atoms with Crippen molar-refractivity contribution in [3.8, 4) is 11.8 Å². The van der Waals surface area contributed by atoms with Gasteiger partial charge in [-0.15, -0.1) is 0 Å². The summed E-state index contributed by atoms with van der Waals surface area (Å²) in [6.07, 6.45) is 1.95. The highest BCUT2D eigenvalue weighted by atomic mass is 16.5. The van der Waals surface area contributed by atoms with Crippen LogP contribution < -0.4 is 4.74 Å². The summed E-state index contributed by atoms with van der Waals surface area (Å²) < 4.78 is 11.2. The Bertz CT molecular complexity index is 741. The highest BCUT2D eigenvalue weighted by Gasteiger charge is 2.33. The molecule has 1 saturated carbocycles. The van der Waals surface area contributed by atoms with Gasteiger partial charge in [0.15, 0.2) is 5.76 Å². The Morgan fingerprint density at radius 3 is 2.67 bits per heavy atom. The Kier molecular flexibility index (Phi) is 4.82. The van der Waals surface area contributed by atoms with Gasteiger partial charge in [-0.1, -0.05) is 0 Å². The van der Waals surface area contributed by atoms with Gasteiger partial charge >= 0.3 is 0 Å². The zero-order valence-corrected chi connectivity index (χ0v) is 13.1. The molecular formula is C18H18N2O4. The van der Waals surface area contributed by atoms with Gasteiger partial charge in [-0.3, -0.25) is 4.79 Å². The van der Waals surface area contributed by atoms with E-state index in [0.29, 0.717) is 23.6 Å². The van der Waals surface area contributed by atoms with E-state index in [1.165, 1.54) is 0 Å². The van der Waals surface area contributed by atoms with Gasteiger partial charge in [0.2, 0.25) is 0 Å². The third-order valence-corrected chi connectivity index (χ3v) is 3.83. The summed E-state index contributed by atoms with van der Waals surface area (Å²) in [6, 6.07) is 12.4. The van der Waals surface area contributed by atoms with Gasteiger partial charge in [-0.2, -0.15) is 5.26 Å². The van der Waals surface area contributed by atoms with Gasteiger partial charge in [-0.25, -0.2) is 0 Å². The van der Waals surface area contributed by atoms with E-state index in [9.17, 15) is 4.79 Å². The van der Waals surface area contributed by atoms with Crippen molar-refractivity contribution in [3.05, 3.63) is 53.5 Å². The molecule has 24 heavy (non-hydrogen) atoms. The topological polar surface area (TPSA) is 86.7 Å². The molecule has 2 aromatic rings. The van der Waals surface area contributed by atoms with Crippen molar-refractivity contribution in [2.75, 3.05) is 13.2 Å². The van der Waals surface area contributed by atoms with E-state index in [2.05, 4.69) is 0 Å². The number of aliphatic hydroxyl groups excluding tert-OH is 1. The fourth-order valence-electron chi connectivity index (χ4n) is 2.44. The molecule has 0 atom stereocenters. The molecule has 0 saturated heterocycles.